The summed E-state index contributed by atoms with van der Waals surface area (Å²) in [5.74, 6) is 1.15. The third-order valence-electron chi connectivity index (χ3n) is 6.33. The lowest BCUT2D eigenvalue weighted by atomic mass is 10.1. The van der Waals surface area contributed by atoms with Crippen molar-refractivity contribution in [1.82, 2.24) is 19.4 Å². The van der Waals surface area contributed by atoms with Crippen molar-refractivity contribution in [3.05, 3.63) is 96.3 Å². The molecule has 8 heteroatoms. The van der Waals surface area contributed by atoms with Gasteiger partial charge in [0.25, 0.3) is 5.91 Å². The molecule has 0 bridgehead atoms. The number of carbonyl (C=O) groups excluding carboxylic acids is 1. The maximum Gasteiger partial charge on any atom is 0.289 e. The van der Waals surface area contributed by atoms with Crippen LogP contribution in [0.4, 0.5) is 5.82 Å². The third kappa shape index (κ3) is 3.94. The van der Waals surface area contributed by atoms with E-state index in [1.165, 1.54) is 6.26 Å². The fourth-order valence-corrected chi connectivity index (χ4v) is 4.81. The van der Waals surface area contributed by atoms with E-state index in [9.17, 15) is 4.79 Å². The third-order valence-corrected chi connectivity index (χ3v) is 6.57. The van der Waals surface area contributed by atoms with Crippen LogP contribution >= 0.6 is 11.6 Å². The normalized spacial score (nSPS) is 14.0. The molecule has 1 fully saturated rings. The molecule has 3 aromatic heterocycles. The van der Waals surface area contributed by atoms with Crippen LogP contribution in [0, 0.1) is 0 Å². The maximum atomic E-state index is 12.7. The monoisotopic (exact) mass is 483 g/mol. The lowest BCUT2D eigenvalue weighted by Gasteiger charge is -2.35. The van der Waals surface area contributed by atoms with E-state index in [1.807, 2.05) is 47.4 Å². The Balaban J connectivity index is 1.41. The van der Waals surface area contributed by atoms with E-state index in [4.69, 9.17) is 21.0 Å². The molecule has 5 aromatic rings. The number of nitrogens with zero attached hydrogens (tertiary/aromatic N) is 5. The highest BCUT2D eigenvalue weighted by Crippen LogP contribution is 2.37. The highest BCUT2D eigenvalue weighted by atomic mass is 35.5. The van der Waals surface area contributed by atoms with Crippen LogP contribution in [0.1, 0.15) is 10.6 Å². The van der Waals surface area contributed by atoms with Crippen LogP contribution in [-0.2, 0) is 0 Å². The number of hydrogen-bond donors (Lipinski definition) is 0. The van der Waals surface area contributed by atoms with Crippen molar-refractivity contribution >= 4 is 34.4 Å². The summed E-state index contributed by atoms with van der Waals surface area (Å²) in [6.07, 6.45) is 5.23. The van der Waals surface area contributed by atoms with Gasteiger partial charge in [-0.3, -0.25) is 4.79 Å². The Bertz CT molecular complexity index is 1490. The number of rotatable bonds is 4. The smallest absolute Gasteiger partial charge is 0.289 e. The van der Waals surface area contributed by atoms with Crippen molar-refractivity contribution in [2.24, 2.45) is 0 Å². The van der Waals surface area contributed by atoms with Gasteiger partial charge < -0.3 is 18.8 Å². The molecular formula is C27H22ClN5O2. The fourth-order valence-electron chi connectivity index (χ4n) is 4.62. The molecule has 1 aliphatic heterocycles. The van der Waals surface area contributed by atoms with Gasteiger partial charge in [-0.2, -0.15) is 0 Å². The molecule has 1 saturated heterocycles. The van der Waals surface area contributed by atoms with E-state index in [-0.39, 0.29) is 5.91 Å². The Labute approximate surface area is 207 Å². The lowest BCUT2D eigenvalue weighted by molar-refractivity contribution is 0.0714. The van der Waals surface area contributed by atoms with Gasteiger partial charge in [-0.05, 0) is 35.9 Å². The van der Waals surface area contributed by atoms with Crippen LogP contribution in [-0.4, -0.2) is 51.5 Å². The predicted molar refractivity (Wildman–Crippen MR) is 136 cm³/mol. The van der Waals surface area contributed by atoms with Crippen molar-refractivity contribution in [2.45, 2.75) is 0 Å². The highest BCUT2D eigenvalue weighted by Gasteiger charge is 2.27. The highest BCUT2D eigenvalue weighted by molar-refractivity contribution is 6.30. The molecule has 0 N–H and O–H groups in total. The van der Waals surface area contributed by atoms with Gasteiger partial charge >= 0.3 is 0 Å². The van der Waals surface area contributed by atoms with Crippen molar-refractivity contribution in [2.75, 3.05) is 31.1 Å². The van der Waals surface area contributed by atoms with Crippen LogP contribution in [0.15, 0.2) is 89.9 Å². The summed E-state index contributed by atoms with van der Waals surface area (Å²) in [5, 5.41) is 1.64. The first-order valence-corrected chi connectivity index (χ1v) is 11.8. The Morgan fingerprint density at radius 2 is 1.74 bits per heavy atom. The number of furan rings is 1. The molecule has 0 radical (unpaired) electrons. The molecule has 1 amide bonds. The van der Waals surface area contributed by atoms with E-state index in [1.54, 1.807) is 18.5 Å². The summed E-state index contributed by atoms with van der Waals surface area (Å²) in [6, 6.07) is 21.4. The first-order valence-electron chi connectivity index (χ1n) is 11.4. The van der Waals surface area contributed by atoms with Crippen molar-refractivity contribution in [3.63, 3.8) is 0 Å². The number of aromatic nitrogens is 3. The number of piperazine rings is 1. The minimum absolute atomic E-state index is 0.0837. The average molecular weight is 484 g/mol. The number of benzene rings is 2. The first-order chi connectivity index (χ1) is 17.2. The van der Waals surface area contributed by atoms with Gasteiger partial charge in [-0.1, -0.05) is 48.0 Å². The summed E-state index contributed by atoms with van der Waals surface area (Å²) >= 11 is 6.31. The lowest BCUT2D eigenvalue weighted by Crippen LogP contribution is -2.49. The average Bonchev–Trinajstić information content (AvgIpc) is 3.58. The van der Waals surface area contributed by atoms with Gasteiger partial charge in [0.1, 0.15) is 12.1 Å². The van der Waals surface area contributed by atoms with Gasteiger partial charge in [0.2, 0.25) is 0 Å². The zero-order valence-electron chi connectivity index (χ0n) is 18.8. The van der Waals surface area contributed by atoms with Gasteiger partial charge in [0, 0.05) is 48.6 Å². The maximum absolute atomic E-state index is 12.7. The van der Waals surface area contributed by atoms with E-state index in [2.05, 4.69) is 32.8 Å². The Hall–Kier alpha value is -4.10. The number of fused-ring (bicyclic) bond motifs is 1. The molecule has 6 rings (SSSR count). The topological polar surface area (TPSA) is 67.4 Å². The molecule has 2 aromatic carbocycles. The summed E-state index contributed by atoms with van der Waals surface area (Å²) in [4.78, 5) is 26.2. The number of amides is 1. The van der Waals surface area contributed by atoms with E-state index in [0.29, 0.717) is 37.0 Å². The molecule has 1 aliphatic rings. The molecule has 7 nitrogen and oxygen atoms in total. The Morgan fingerprint density at radius 1 is 0.914 bits per heavy atom. The van der Waals surface area contributed by atoms with Crippen LogP contribution in [0.5, 0.6) is 0 Å². The van der Waals surface area contributed by atoms with Crippen LogP contribution in [0.3, 0.4) is 0 Å². The molecule has 35 heavy (non-hydrogen) atoms. The number of hydrogen-bond acceptors (Lipinski definition) is 5. The SMILES string of the molecule is O=C(c1ccco1)N1CCN(c2ncnc3c2c(-c2ccccc2)cn3-c2cccc(Cl)c2)CC1. The van der Waals surface area contributed by atoms with Crippen LogP contribution in [0.25, 0.3) is 27.8 Å². The largest absolute Gasteiger partial charge is 0.459 e. The van der Waals surface area contributed by atoms with Gasteiger partial charge in [0.05, 0.1) is 11.6 Å². The summed E-state index contributed by atoms with van der Waals surface area (Å²) in [5.41, 5.74) is 3.87. The van der Waals surface area contributed by atoms with Crippen LogP contribution in [0.2, 0.25) is 5.02 Å². The van der Waals surface area contributed by atoms with E-state index in [0.717, 1.165) is 33.7 Å². The number of halogens is 1. The Morgan fingerprint density at radius 3 is 2.49 bits per heavy atom. The Kier molecular flexibility index (Phi) is 5.47. The van der Waals surface area contributed by atoms with Crippen molar-refractivity contribution < 1.29 is 9.21 Å². The fraction of sp³-hybridized carbons (Fsp3) is 0.148. The second-order valence-electron chi connectivity index (χ2n) is 8.41. The summed E-state index contributed by atoms with van der Waals surface area (Å²) in [6.45, 7) is 2.49. The number of anilines is 1. The van der Waals surface area contributed by atoms with Gasteiger partial charge in [0.15, 0.2) is 11.4 Å². The zero-order valence-corrected chi connectivity index (χ0v) is 19.6. The molecule has 4 heterocycles. The molecule has 0 unspecified atom stereocenters. The summed E-state index contributed by atoms with van der Waals surface area (Å²) in [7, 11) is 0. The van der Waals surface area contributed by atoms with Crippen molar-refractivity contribution in [3.8, 4) is 16.8 Å². The minimum Gasteiger partial charge on any atom is -0.459 e. The predicted octanol–water partition coefficient (Wildman–Crippen LogP) is 5.30. The van der Waals surface area contributed by atoms with E-state index < -0.39 is 0 Å². The molecule has 0 spiro atoms. The summed E-state index contributed by atoms with van der Waals surface area (Å²) < 4.78 is 7.36. The minimum atomic E-state index is -0.0837. The molecular weight excluding hydrogens is 462 g/mol. The van der Waals surface area contributed by atoms with Gasteiger partial charge in [-0.25, -0.2) is 9.97 Å². The molecule has 0 atom stereocenters. The van der Waals surface area contributed by atoms with Crippen LogP contribution < -0.4 is 4.90 Å². The second kappa shape index (κ2) is 8.92. The number of carbonyl (C=O) groups is 1. The molecule has 0 saturated carbocycles. The molecule has 174 valence electrons. The second-order valence-corrected chi connectivity index (χ2v) is 8.85. The zero-order chi connectivity index (χ0) is 23.8. The quantitative estimate of drug-likeness (QED) is 0.347. The van der Waals surface area contributed by atoms with E-state index >= 15 is 0 Å². The molecule has 0 aliphatic carbocycles. The van der Waals surface area contributed by atoms with Crippen molar-refractivity contribution in [1.29, 1.82) is 0 Å². The first kappa shape index (κ1) is 21.4. The standard InChI is InChI=1S/C27H22ClN5O2/c28-20-8-4-9-21(16-20)33-17-22(19-6-2-1-3-7-19)24-25(29-18-30-26(24)33)31-11-13-32(14-12-31)27(34)23-10-5-15-35-23/h1-10,15-18H,11-14H2. The van der Waals surface area contributed by atoms with Gasteiger partial charge in [-0.15, -0.1) is 0 Å².